The number of benzene rings is 2. The molecule has 1 aliphatic rings. The third-order valence-electron chi connectivity index (χ3n) is 5.06. The van der Waals surface area contributed by atoms with Crippen molar-refractivity contribution in [2.45, 2.75) is 18.9 Å². The molecule has 0 radical (unpaired) electrons. The van der Waals surface area contributed by atoms with Crippen LogP contribution in [0, 0.1) is 11.6 Å². The number of aromatic nitrogens is 2. The van der Waals surface area contributed by atoms with Crippen LogP contribution in [0.25, 0.3) is 10.9 Å². The van der Waals surface area contributed by atoms with Crippen molar-refractivity contribution < 1.29 is 13.6 Å². The Hall–Kier alpha value is -3.00. The number of hydrogen-bond donors (Lipinski definition) is 1. The third kappa shape index (κ3) is 3.93. The van der Waals surface area contributed by atoms with Crippen LogP contribution >= 0.6 is 11.6 Å². The molecule has 3 aromatic rings. The molecule has 4 rings (SSSR count). The number of likely N-dealkylation sites (tertiary alicyclic amines) is 1. The van der Waals surface area contributed by atoms with E-state index in [2.05, 4.69) is 10.3 Å². The van der Waals surface area contributed by atoms with Crippen LogP contribution in [0.15, 0.2) is 47.5 Å². The summed E-state index contributed by atoms with van der Waals surface area (Å²) in [5.74, 6) is -1.54. The molecule has 29 heavy (non-hydrogen) atoms. The Labute approximate surface area is 169 Å². The fourth-order valence-electron chi connectivity index (χ4n) is 3.50. The van der Waals surface area contributed by atoms with Gasteiger partial charge in [0.15, 0.2) is 0 Å². The van der Waals surface area contributed by atoms with Gasteiger partial charge in [-0.1, -0.05) is 11.6 Å². The van der Waals surface area contributed by atoms with E-state index in [-0.39, 0.29) is 17.3 Å². The second kappa shape index (κ2) is 7.79. The molecule has 0 unspecified atom stereocenters. The molecule has 2 amide bonds. The van der Waals surface area contributed by atoms with Gasteiger partial charge in [-0.25, -0.2) is 18.6 Å². The van der Waals surface area contributed by atoms with Crippen LogP contribution in [0.5, 0.6) is 0 Å². The number of rotatable bonds is 2. The largest absolute Gasteiger partial charge is 0.324 e. The number of hydrogen-bond acceptors (Lipinski definition) is 3. The average molecular weight is 419 g/mol. The second-order valence-corrected chi connectivity index (χ2v) is 7.33. The van der Waals surface area contributed by atoms with E-state index in [4.69, 9.17) is 11.6 Å². The lowest BCUT2D eigenvalue weighted by atomic mass is 10.0. The smallest absolute Gasteiger partial charge is 0.321 e. The molecule has 2 heterocycles. The standard InChI is InChI=1S/C20H17ClF2N4O2/c21-12-1-3-17-15(9-12)19(28)27(11-24-17)14-5-7-26(8-6-14)20(29)25-18-4-2-13(22)10-16(18)23/h1-4,9-11,14H,5-8H2,(H,25,29). The molecule has 0 spiro atoms. The van der Waals surface area contributed by atoms with Crippen LogP contribution < -0.4 is 10.9 Å². The van der Waals surface area contributed by atoms with Crippen molar-refractivity contribution in [2.75, 3.05) is 18.4 Å². The zero-order chi connectivity index (χ0) is 20.5. The van der Waals surface area contributed by atoms with Crippen LogP contribution in [0.3, 0.4) is 0 Å². The number of anilines is 1. The highest BCUT2D eigenvalue weighted by Crippen LogP contribution is 2.23. The van der Waals surface area contributed by atoms with E-state index in [9.17, 15) is 18.4 Å². The molecule has 2 aromatic carbocycles. The Morgan fingerprint density at radius 3 is 2.62 bits per heavy atom. The summed E-state index contributed by atoms with van der Waals surface area (Å²) in [5, 5.41) is 3.37. The summed E-state index contributed by atoms with van der Waals surface area (Å²) in [6.45, 7) is 0.776. The Morgan fingerprint density at radius 1 is 1.14 bits per heavy atom. The number of piperidine rings is 1. The Kier molecular flexibility index (Phi) is 5.19. The van der Waals surface area contributed by atoms with Gasteiger partial charge in [-0.2, -0.15) is 0 Å². The molecule has 1 aromatic heterocycles. The van der Waals surface area contributed by atoms with E-state index in [0.717, 1.165) is 6.07 Å². The van der Waals surface area contributed by atoms with E-state index >= 15 is 0 Å². The van der Waals surface area contributed by atoms with Crippen LogP contribution in [-0.2, 0) is 0 Å². The number of urea groups is 1. The van der Waals surface area contributed by atoms with Gasteiger partial charge in [-0.3, -0.25) is 9.36 Å². The maximum atomic E-state index is 13.7. The first-order valence-electron chi connectivity index (χ1n) is 9.10. The van der Waals surface area contributed by atoms with Crippen LogP contribution in [0.1, 0.15) is 18.9 Å². The monoisotopic (exact) mass is 418 g/mol. The van der Waals surface area contributed by atoms with Gasteiger partial charge >= 0.3 is 6.03 Å². The van der Waals surface area contributed by atoms with Crippen molar-refractivity contribution >= 4 is 34.2 Å². The van der Waals surface area contributed by atoms with Gasteiger partial charge < -0.3 is 10.2 Å². The van der Waals surface area contributed by atoms with Gasteiger partial charge in [0, 0.05) is 30.2 Å². The summed E-state index contributed by atoms with van der Waals surface area (Å²) < 4.78 is 28.3. The summed E-state index contributed by atoms with van der Waals surface area (Å²) in [6, 6.07) is 7.38. The minimum absolute atomic E-state index is 0.0784. The lowest BCUT2D eigenvalue weighted by Gasteiger charge is -2.32. The van der Waals surface area contributed by atoms with E-state index in [1.165, 1.54) is 17.3 Å². The highest BCUT2D eigenvalue weighted by atomic mass is 35.5. The van der Waals surface area contributed by atoms with Gasteiger partial charge in [0.1, 0.15) is 11.6 Å². The lowest BCUT2D eigenvalue weighted by Crippen LogP contribution is -2.43. The minimum Gasteiger partial charge on any atom is -0.324 e. The fraction of sp³-hybridized carbons (Fsp3) is 0.250. The summed E-state index contributed by atoms with van der Waals surface area (Å²) >= 11 is 5.99. The van der Waals surface area contributed by atoms with E-state index < -0.39 is 17.7 Å². The van der Waals surface area contributed by atoms with Gasteiger partial charge in [-0.15, -0.1) is 0 Å². The van der Waals surface area contributed by atoms with Crippen molar-refractivity contribution in [1.82, 2.24) is 14.5 Å². The van der Waals surface area contributed by atoms with E-state index in [1.54, 1.807) is 22.8 Å². The number of nitrogens with one attached hydrogen (secondary N) is 1. The second-order valence-electron chi connectivity index (χ2n) is 6.89. The molecule has 0 aliphatic carbocycles. The molecular formula is C20H17ClF2N4O2. The molecular weight excluding hydrogens is 402 g/mol. The quantitative estimate of drug-likeness (QED) is 0.678. The molecule has 1 N–H and O–H groups in total. The zero-order valence-corrected chi connectivity index (χ0v) is 16.0. The zero-order valence-electron chi connectivity index (χ0n) is 15.2. The summed E-state index contributed by atoms with van der Waals surface area (Å²) in [6.07, 6.45) is 2.62. The Balaban J connectivity index is 1.45. The topological polar surface area (TPSA) is 67.2 Å². The SMILES string of the molecule is O=C(Nc1ccc(F)cc1F)N1CCC(n2cnc3ccc(Cl)cc3c2=O)CC1. The number of halogens is 3. The Bertz CT molecular complexity index is 1140. The molecule has 150 valence electrons. The summed E-state index contributed by atoms with van der Waals surface area (Å²) in [4.78, 5) is 31.0. The minimum atomic E-state index is -0.833. The molecule has 1 saturated heterocycles. The number of carbonyl (C=O) groups is 1. The number of fused-ring (bicyclic) bond motifs is 1. The first-order chi connectivity index (χ1) is 13.9. The fourth-order valence-corrected chi connectivity index (χ4v) is 3.67. The van der Waals surface area contributed by atoms with Gasteiger partial charge in [-0.05, 0) is 43.2 Å². The highest BCUT2D eigenvalue weighted by Gasteiger charge is 2.25. The number of carbonyl (C=O) groups excluding carboxylic acids is 1. The number of nitrogens with zero attached hydrogens (tertiary/aromatic N) is 3. The van der Waals surface area contributed by atoms with Crippen molar-refractivity contribution in [2.24, 2.45) is 0 Å². The van der Waals surface area contributed by atoms with Crippen molar-refractivity contribution in [1.29, 1.82) is 0 Å². The van der Waals surface area contributed by atoms with Crippen molar-refractivity contribution in [3.8, 4) is 0 Å². The molecule has 0 bridgehead atoms. The third-order valence-corrected chi connectivity index (χ3v) is 5.30. The summed E-state index contributed by atoms with van der Waals surface area (Å²) in [5.41, 5.74) is 0.327. The predicted octanol–water partition coefficient (Wildman–Crippen LogP) is 4.20. The predicted molar refractivity (Wildman–Crippen MR) is 106 cm³/mol. The van der Waals surface area contributed by atoms with Crippen LogP contribution in [0.4, 0.5) is 19.3 Å². The molecule has 9 heteroatoms. The molecule has 1 fully saturated rings. The lowest BCUT2D eigenvalue weighted by molar-refractivity contribution is 0.182. The van der Waals surface area contributed by atoms with Gasteiger partial charge in [0.2, 0.25) is 0 Å². The average Bonchev–Trinajstić information content (AvgIpc) is 2.71. The summed E-state index contributed by atoms with van der Waals surface area (Å²) in [7, 11) is 0. The highest BCUT2D eigenvalue weighted by molar-refractivity contribution is 6.31. The first-order valence-corrected chi connectivity index (χ1v) is 9.47. The van der Waals surface area contributed by atoms with Crippen LogP contribution in [0.2, 0.25) is 5.02 Å². The van der Waals surface area contributed by atoms with Gasteiger partial charge in [0.25, 0.3) is 5.56 Å². The van der Waals surface area contributed by atoms with Gasteiger partial charge in [0.05, 0.1) is 22.9 Å². The van der Waals surface area contributed by atoms with Crippen LogP contribution in [-0.4, -0.2) is 33.6 Å². The van der Waals surface area contributed by atoms with E-state index in [1.807, 2.05) is 0 Å². The normalized spacial score (nSPS) is 14.9. The van der Waals surface area contributed by atoms with Crippen molar-refractivity contribution in [3.63, 3.8) is 0 Å². The number of amides is 2. The maximum Gasteiger partial charge on any atom is 0.321 e. The molecule has 0 atom stereocenters. The molecule has 0 saturated carbocycles. The van der Waals surface area contributed by atoms with E-state index in [0.29, 0.717) is 47.9 Å². The Morgan fingerprint density at radius 2 is 1.90 bits per heavy atom. The molecule has 6 nitrogen and oxygen atoms in total. The first kappa shape index (κ1) is 19.3. The maximum absolute atomic E-state index is 13.7. The molecule has 1 aliphatic heterocycles. The van der Waals surface area contributed by atoms with Crippen molar-refractivity contribution in [3.05, 3.63) is 69.7 Å².